The van der Waals surface area contributed by atoms with Gasteiger partial charge in [0.25, 0.3) is 0 Å². The Morgan fingerprint density at radius 2 is 2.30 bits per heavy atom. The van der Waals surface area contributed by atoms with E-state index in [4.69, 9.17) is 0 Å². The minimum Gasteiger partial charge on any atom is -0.212 e. The van der Waals surface area contributed by atoms with E-state index >= 15 is 0 Å². The molecule has 0 heterocycles. The molecule has 0 aromatic rings. The molecule has 0 nitrogen and oxygen atoms in total. The first-order valence-electron chi connectivity index (χ1n) is 3.33. The summed E-state index contributed by atoms with van der Waals surface area (Å²) in [5, 5.41) is 0. The van der Waals surface area contributed by atoms with Crippen molar-refractivity contribution in [2.75, 3.05) is 0 Å². The van der Waals surface area contributed by atoms with Crippen LogP contribution in [-0.2, 0) is 0 Å². The van der Waals surface area contributed by atoms with Crippen LogP contribution in [-0.4, -0.2) is 1.93 Å². The van der Waals surface area contributed by atoms with Crippen LogP contribution in [0, 0.1) is 5.92 Å². The summed E-state index contributed by atoms with van der Waals surface area (Å²) in [6.07, 6.45) is 4.35. The van der Waals surface area contributed by atoms with Gasteiger partial charge in [-0.1, -0.05) is 51.3 Å². The molecular formula is C7H9FI2. The summed E-state index contributed by atoms with van der Waals surface area (Å²) in [5.41, 5.74) is 0. The van der Waals surface area contributed by atoms with Crippen LogP contribution in [0.25, 0.3) is 0 Å². The molecule has 0 aromatic heterocycles. The molecule has 0 aromatic carbocycles. The van der Waals surface area contributed by atoms with Crippen molar-refractivity contribution in [2.45, 2.75) is 21.2 Å². The number of hydrogen-bond acceptors (Lipinski definition) is 0. The molecule has 1 aliphatic rings. The van der Waals surface area contributed by atoms with Gasteiger partial charge >= 0.3 is 0 Å². The highest BCUT2D eigenvalue weighted by molar-refractivity contribution is 14.2. The van der Waals surface area contributed by atoms with Crippen molar-refractivity contribution >= 4 is 45.2 Å². The van der Waals surface area contributed by atoms with E-state index in [0.717, 1.165) is 12.8 Å². The predicted molar refractivity (Wildman–Crippen MR) is 58.4 cm³/mol. The Labute approximate surface area is 87.9 Å². The molecule has 0 N–H and O–H groups in total. The molecule has 10 heavy (non-hydrogen) atoms. The molecule has 0 amide bonds. The van der Waals surface area contributed by atoms with Crippen LogP contribution in [0.2, 0.25) is 0 Å². The lowest BCUT2D eigenvalue weighted by atomic mass is 9.96. The van der Waals surface area contributed by atoms with Crippen LogP contribution in [0.15, 0.2) is 11.9 Å². The molecular weight excluding hydrogens is 357 g/mol. The first kappa shape index (κ1) is 9.22. The number of hydrogen-bond donors (Lipinski definition) is 0. The average Bonchev–Trinajstić information content (AvgIpc) is 1.88. The maximum atomic E-state index is 12.5. The van der Waals surface area contributed by atoms with Crippen LogP contribution in [0.4, 0.5) is 4.39 Å². The summed E-state index contributed by atoms with van der Waals surface area (Å²) >= 11 is 4.81. The summed E-state index contributed by atoms with van der Waals surface area (Å²) in [5.74, 6) is 0.783. The summed E-state index contributed by atoms with van der Waals surface area (Å²) < 4.78 is 13.1. The lowest BCUT2D eigenvalue weighted by Gasteiger charge is -2.19. The maximum absolute atomic E-state index is 12.5. The molecule has 1 atom stereocenters. The second kappa shape index (κ2) is 4.23. The second-order valence-corrected chi connectivity index (χ2v) is 7.59. The number of rotatable bonds is 1. The van der Waals surface area contributed by atoms with Crippen molar-refractivity contribution in [1.82, 2.24) is 0 Å². The SMILES string of the molecule is FC1=CCC(C(I)I)CC1. The lowest BCUT2D eigenvalue weighted by molar-refractivity contribution is 0.455. The van der Waals surface area contributed by atoms with Crippen LogP contribution >= 0.6 is 45.2 Å². The van der Waals surface area contributed by atoms with E-state index in [9.17, 15) is 4.39 Å². The van der Waals surface area contributed by atoms with Gasteiger partial charge in [-0.25, -0.2) is 4.39 Å². The molecule has 1 aliphatic carbocycles. The minimum atomic E-state index is 0.0877. The van der Waals surface area contributed by atoms with Gasteiger partial charge in [-0.3, -0.25) is 0 Å². The van der Waals surface area contributed by atoms with E-state index in [0.29, 0.717) is 14.3 Å². The molecule has 1 unspecified atom stereocenters. The van der Waals surface area contributed by atoms with Crippen LogP contribution in [0.5, 0.6) is 0 Å². The number of alkyl halides is 2. The fourth-order valence-corrected chi connectivity index (χ4v) is 2.36. The first-order valence-corrected chi connectivity index (χ1v) is 5.82. The smallest absolute Gasteiger partial charge is 0.0960 e. The summed E-state index contributed by atoms with van der Waals surface area (Å²) in [6.45, 7) is 0. The first-order chi connectivity index (χ1) is 4.70. The van der Waals surface area contributed by atoms with Crippen LogP contribution < -0.4 is 0 Å². The monoisotopic (exact) mass is 366 g/mol. The topological polar surface area (TPSA) is 0 Å². The third-order valence-electron chi connectivity index (χ3n) is 1.75. The van der Waals surface area contributed by atoms with Gasteiger partial charge in [0, 0.05) is 0 Å². The average molecular weight is 366 g/mol. The summed E-state index contributed by atoms with van der Waals surface area (Å²) in [7, 11) is 0. The Kier molecular flexibility index (Phi) is 3.90. The Bertz CT molecular complexity index is 143. The molecule has 0 radical (unpaired) electrons. The highest BCUT2D eigenvalue weighted by Crippen LogP contribution is 2.33. The zero-order valence-electron chi connectivity index (χ0n) is 5.49. The normalized spacial score (nSPS) is 26.8. The van der Waals surface area contributed by atoms with E-state index in [1.165, 1.54) is 0 Å². The Hall–Kier alpha value is 1.13. The zero-order valence-corrected chi connectivity index (χ0v) is 9.80. The highest BCUT2D eigenvalue weighted by atomic mass is 127. The van der Waals surface area contributed by atoms with Gasteiger partial charge in [0.1, 0.15) is 0 Å². The van der Waals surface area contributed by atoms with Gasteiger partial charge in [0.2, 0.25) is 0 Å². The van der Waals surface area contributed by atoms with Gasteiger partial charge in [0.15, 0.2) is 0 Å². The fraction of sp³-hybridized carbons (Fsp3) is 0.714. The lowest BCUT2D eigenvalue weighted by Crippen LogP contribution is -2.10. The third-order valence-corrected chi connectivity index (χ3v) is 3.79. The summed E-state index contributed by atoms with van der Waals surface area (Å²) in [6, 6.07) is 0. The van der Waals surface area contributed by atoms with Crippen molar-refractivity contribution in [3.8, 4) is 0 Å². The standard InChI is InChI=1S/C7H9FI2/c8-6-3-1-5(2-4-6)7(9)10/h3,5,7H,1-2,4H2. The second-order valence-electron chi connectivity index (χ2n) is 2.52. The van der Waals surface area contributed by atoms with E-state index in [2.05, 4.69) is 45.2 Å². The van der Waals surface area contributed by atoms with E-state index in [1.807, 2.05) is 0 Å². The molecule has 0 saturated carbocycles. The molecule has 0 saturated heterocycles. The van der Waals surface area contributed by atoms with E-state index in [1.54, 1.807) is 6.08 Å². The van der Waals surface area contributed by atoms with Crippen molar-refractivity contribution in [3.63, 3.8) is 0 Å². The Morgan fingerprint density at radius 3 is 2.70 bits per heavy atom. The van der Waals surface area contributed by atoms with Gasteiger partial charge in [-0.15, -0.1) is 0 Å². The largest absolute Gasteiger partial charge is 0.212 e. The van der Waals surface area contributed by atoms with Gasteiger partial charge in [-0.2, -0.15) is 0 Å². The van der Waals surface area contributed by atoms with Crippen molar-refractivity contribution in [1.29, 1.82) is 0 Å². The predicted octanol–water partition coefficient (Wildman–Crippen LogP) is 3.84. The molecule has 0 fully saturated rings. The molecule has 58 valence electrons. The van der Waals surface area contributed by atoms with E-state index in [-0.39, 0.29) is 5.83 Å². The van der Waals surface area contributed by atoms with Crippen molar-refractivity contribution in [3.05, 3.63) is 11.9 Å². The molecule has 3 heteroatoms. The molecule has 0 spiro atoms. The highest BCUT2D eigenvalue weighted by Gasteiger charge is 2.18. The molecule has 0 aliphatic heterocycles. The molecule has 1 rings (SSSR count). The number of halogens is 3. The van der Waals surface area contributed by atoms with Crippen LogP contribution in [0.1, 0.15) is 19.3 Å². The van der Waals surface area contributed by atoms with E-state index < -0.39 is 0 Å². The van der Waals surface area contributed by atoms with Crippen molar-refractivity contribution < 1.29 is 4.39 Å². The van der Waals surface area contributed by atoms with Crippen molar-refractivity contribution in [2.24, 2.45) is 5.92 Å². The Balaban J connectivity index is 2.42. The minimum absolute atomic E-state index is 0.0877. The zero-order chi connectivity index (χ0) is 7.56. The molecule has 0 bridgehead atoms. The summed E-state index contributed by atoms with van der Waals surface area (Å²) in [4.78, 5) is 0. The number of allylic oxidation sites excluding steroid dienone is 2. The third kappa shape index (κ3) is 2.64. The van der Waals surface area contributed by atoms with Gasteiger partial charge in [-0.05, 0) is 25.2 Å². The Morgan fingerprint density at radius 1 is 1.60 bits per heavy atom. The van der Waals surface area contributed by atoms with Crippen LogP contribution in [0.3, 0.4) is 0 Å². The fourth-order valence-electron chi connectivity index (χ4n) is 1.05. The van der Waals surface area contributed by atoms with Gasteiger partial charge < -0.3 is 0 Å². The quantitative estimate of drug-likeness (QED) is 0.489. The van der Waals surface area contributed by atoms with Gasteiger partial charge in [0.05, 0.1) is 7.76 Å². The maximum Gasteiger partial charge on any atom is 0.0960 e.